The van der Waals surface area contributed by atoms with Crippen molar-refractivity contribution in [2.45, 2.75) is 63.6 Å². The number of nitrogens with zero attached hydrogens (tertiary/aromatic N) is 3. The van der Waals surface area contributed by atoms with Crippen LogP contribution in [0, 0.1) is 0 Å². The van der Waals surface area contributed by atoms with Crippen LogP contribution in [0.4, 0.5) is 19.1 Å². The lowest BCUT2D eigenvalue weighted by Gasteiger charge is -2.44. The first kappa shape index (κ1) is 20.1. The molecule has 1 aromatic heterocycles. The van der Waals surface area contributed by atoms with Crippen molar-refractivity contribution < 1.29 is 17.6 Å². The lowest BCUT2D eigenvalue weighted by molar-refractivity contribution is -0.138. The van der Waals surface area contributed by atoms with E-state index < -0.39 is 20.1 Å². The molecule has 142 valence electrons. The van der Waals surface area contributed by atoms with Crippen LogP contribution in [-0.2, 0) is 10.6 Å². The van der Waals surface area contributed by atoms with Gasteiger partial charge in [0.05, 0.1) is 11.7 Å². The van der Waals surface area contributed by atoms with E-state index >= 15 is 0 Å². The SMILES string of the molecule is CC(C)(C)[Si](C)(C)OC1CN(c2ncc(C(F)(F)F)cn2)CC[C@@H]1N. The van der Waals surface area contributed by atoms with Gasteiger partial charge in [0.2, 0.25) is 5.95 Å². The minimum atomic E-state index is -4.43. The largest absolute Gasteiger partial charge is 0.419 e. The average molecular weight is 376 g/mol. The molecule has 0 radical (unpaired) electrons. The number of nitrogens with two attached hydrogens (primary N) is 1. The third kappa shape index (κ3) is 4.71. The molecule has 2 N–H and O–H groups in total. The van der Waals surface area contributed by atoms with Gasteiger partial charge in [-0.15, -0.1) is 0 Å². The van der Waals surface area contributed by atoms with E-state index in [1.807, 2.05) is 4.90 Å². The van der Waals surface area contributed by atoms with Gasteiger partial charge in [0.1, 0.15) is 0 Å². The lowest BCUT2D eigenvalue weighted by atomic mass is 10.0. The predicted octanol–water partition coefficient (Wildman–Crippen LogP) is 3.42. The summed E-state index contributed by atoms with van der Waals surface area (Å²) in [6.07, 6.45) is -2.29. The highest BCUT2D eigenvalue weighted by atomic mass is 28.4. The summed E-state index contributed by atoms with van der Waals surface area (Å²) in [6, 6.07) is -0.0974. The number of alkyl halides is 3. The molecule has 0 aliphatic carbocycles. The molecule has 5 nitrogen and oxygen atoms in total. The molecule has 0 bridgehead atoms. The first-order chi connectivity index (χ1) is 11.3. The van der Waals surface area contributed by atoms with E-state index in [1.165, 1.54) is 0 Å². The molecule has 1 fully saturated rings. The van der Waals surface area contributed by atoms with Crippen molar-refractivity contribution >= 4 is 14.3 Å². The Labute approximate surface area is 147 Å². The highest BCUT2D eigenvalue weighted by molar-refractivity contribution is 6.74. The molecule has 9 heteroatoms. The lowest BCUT2D eigenvalue weighted by Crippen LogP contribution is -2.57. The number of halogens is 3. The smallest absolute Gasteiger partial charge is 0.411 e. The third-order valence-corrected chi connectivity index (χ3v) is 9.62. The maximum atomic E-state index is 12.6. The van der Waals surface area contributed by atoms with Gasteiger partial charge in [0.25, 0.3) is 0 Å². The van der Waals surface area contributed by atoms with Gasteiger partial charge < -0.3 is 15.1 Å². The monoisotopic (exact) mass is 376 g/mol. The average Bonchev–Trinajstić information content (AvgIpc) is 2.47. The van der Waals surface area contributed by atoms with Crippen LogP contribution >= 0.6 is 0 Å². The van der Waals surface area contributed by atoms with Gasteiger partial charge in [-0.1, -0.05) is 20.8 Å². The van der Waals surface area contributed by atoms with Gasteiger partial charge in [-0.25, -0.2) is 9.97 Å². The van der Waals surface area contributed by atoms with Crippen LogP contribution in [0.1, 0.15) is 32.8 Å². The Morgan fingerprint density at radius 1 is 1.20 bits per heavy atom. The van der Waals surface area contributed by atoms with Crippen molar-refractivity contribution in [1.29, 1.82) is 0 Å². The summed E-state index contributed by atoms with van der Waals surface area (Å²) in [4.78, 5) is 9.62. The second-order valence-electron chi connectivity index (χ2n) is 8.08. The highest BCUT2D eigenvalue weighted by Crippen LogP contribution is 2.38. The van der Waals surface area contributed by atoms with E-state index in [2.05, 4.69) is 43.8 Å². The molecule has 1 aliphatic rings. The van der Waals surface area contributed by atoms with E-state index in [4.69, 9.17) is 10.2 Å². The van der Waals surface area contributed by atoms with Gasteiger partial charge >= 0.3 is 6.18 Å². The Hall–Kier alpha value is -1.19. The van der Waals surface area contributed by atoms with Gasteiger partial charge in [0, 0.05) is 31.5 Å². The van der Waals surface area contributed by atoms with E-state index in [-0.39, 0.29) is 23.1 Å². The van der Waals surface area contributed by atoms with Gasteiger partial charge in [-0.2, -0.15) is 13.2 Å². The van der Waals surface area contributed by atoms with Crippen molar-refractivity contribution in [3.63, 3.8) is 0 Å². The number of aromatic nitrogens is 2. The maximum Gasteiger partial charge on any atom is 0.419 e. The second kappa shape index (κ2) is 6.84. The second-order valence-corrected chi connectivity index (χ2v) is 12.8. The zero-order chi connectivity index (χ0) is 19.0. The van der Waals surface area contributed by atoms with E-state index in [0.717, 1.165) is 12.4 Å². The summed E-state index contributed by atoms with van der Waals surface area (Å²) in [5.41, 5.74) is 5.38. The zero-order valence-electron chi connectivity index (χ0n) is 15.4. The molecule has 0 saturated carbocycles. The van der Waals surface area contributed by atoms with Crippen molar-refractivity contribution in [2.75, 3.05) is 18.0 Å². The molecular formula is C16H27F3N4OSi. The Morgan fingerprint density at radius 2 is 1.76 bits per heavy atom. The van der Waals surface area contributed by atoms with Crippen LogP contribution in [0.15, 0.2) is 12.4 Å². The van der Waals surface area contributed by atoms with Crippen LogP contribution in [0.5, 0.6) is 0 Å². The van der Waals surface area contributed by atoms with E-state index in [1.54, 1.807) is 0 Å². The topological polar surface area (TPSA) is 64.3 Å². The Balaban J connectivity index is 2.12. The fourth-order valence-electron chi connectivity index (χ4n) is 2.43. The molecule has 2 atom stereocenters. The van der Waals surface area contributed by atoms with Crippen LogP contribution in [0.2, 0.25) is 18.1 Å². The molecule has 1 unspecified atom stereocenters. The molecule has 0 spiro atoms. The molecule has 1 aliphatic heterocycles. The molecule has 0 aromatic carbocycles. The van der Waals surface area contributed by atoms with Crippen LogP contribution < -0.4 is 10.6 Å². The minimum Gasteiger partial charge on any atom is -0.411 e. The third-order valence-electron chi connectivity index (χ3n) is 5.11. The van der Waals surface area contributed by atoms with Crippen LogP contribution in [0.25, 0.3) is 0 Å². The van der Waals surface area contributed by atoms with Crippen molar-refractivity contribution in [3.05, 3.63) is 18.0 Å². The fraction of sp³-hybridized carbons (Fsp3) is 0.750. The number of piperidine rings is 1. The summed E-state index contributed by atoms with van der Waals surface area (Å²) < 4.78 is 44.4. The van der Waals surface area contributed by atoms with Gasteiger partial charge in [-0.3, -0.25) is 0 Å². The Morgan fingerprint density at radius 3 is 2.24 bits per heavy atom. The van der Waals surface area contributed by atoms with Gasteiger partial charge in [0.15, 0.2) is 8.32 Å². The summed E-state index contributed by atoms with van der Waals surface area (Å²) >= 11 is 0. The number of hydrogen-bond acceptors (Lipinski definition) is 5. The summed E-state index contributed by atoms with van der Waals surface area (Å²) in [6.45, 7) is 11.9. The minimum absolute atomic E-state index is 0.0554. The standard InChI is InChI=1S/C16H27F3N4OSi/c1-15(2,3)25(4,5)24-13-10-23(7-6-12(13)20)14-21-8-11(9-22-14)16(17,18)19/h8-9,12-13H,6-7,10,20H2,1-5H3/t12-,13?/m0/s1. The van der Waals surface area contributed by atoms with Crippen LogP contribution in [-0.4, -0.2) is 43.5 Å². The van der Waals surface area contributed by atoms with Crippen LogP contribution in [0.3, 0.4) is 0 Å². The molecular weight excluding hydrogens is 349 g/mol. The number of hydrogen-bond donors (Lipinski definition) is 1. The Kier molecular flexibility index (Phi) is 5.51. The van der Waals surface area contributed by atoms with Crippen molar-refractivity contribution in [3.8, 4) is 0 Å². The maximum absolute atomic E-state index is 12.6. The number of anilines is 1. The van der Waals surface area contributed by atoms with Crippen molar-refractivity contribution in [1.82, 2.24) is 9.97 Å². The van der Waals surface area contributed by atoms with E-state index in [0.29, 0.717) is 19.5 Å². The van der Waals surface area contributed by atoms with E-state index in [9.17, 15) is 13.2 Å². The molecule has 1 saturated heterocycles. The zero-order valence-corrected chi connectivity index (χ0v) is 16.4. The molecule has 25 heavy (non-hydrogen) atoms. The molecule has 2 heterocycles. The van der Waals surface area contributed by atoms with Gasteiger partial charge in [-0.05, 0) is 24.6 Å². The summed E-state index contributed by atoms with van der Waals surface area (Å²) in [5, 5.41) is 0.0554. The molecule has 0 amide bonds. The quantitative estimate of drug-likeness (QED) is 0.819. The summed E-state index contributed by atoms with van der Waals surface area (Å²) in [7, 11) is -1.99. The predicted molar refractivity (Wildman–Crippen MR) is 93.9 cm³/mol. The molecule has 1 aromatic rings. The summed E-state index contributed by atoms with van der Waals surface area (Å²) in [5.74, 6) is 0.281. The number of rotatable bonds is 3. The van der Waals surface area contributed by atoms with Crippen molar-refractivity contribution in [2.24, 2.45) is 5.73 Å². The highest BCUT2D eigenvalue weighted by Gasteiger charge is 2.42. The first-order valence-corrected chi connectivity index (χ1v) is 11.3. The Bertz CT molecular complexity index is 587. The molecule has 2 rings (SSSR count). The normalized spacial score (nSPS) is 23.0. The first-order valence-electron chi connectivity index (χ1n) is 8.39. The fourth-order valence-corrected chi connectivity index (χ4v) is 3.79.